The third-order valence-corrected chi connectivity index (χ3v) is 3.86. The molecule has 0 saturated heterocycles. The summed E-state index contributed by atoms with van der Waals surface area (Å²) in [5.41, 5.74) is 0. The van der Waals surface area contributed by atoms with Crippen molar-refractivity contribution in [1.82, 2.24) is 5.32 Å². The molecule has 1 unspecified atom stereocenters. The maximum atomic E-state index is 13.0. The van der Waals surface area contributed by atoms with Gasteiger partial charge in [0.15, 0.2) is 0 Å². The van der Waals surface area contributed by atoms with Gasteiger partial charge in [-0.05, 0) is 44.0 Å². The van der Waals surface area contributed by atoms with Gasteiger partial charge in [0.25, 0.3) is 0 Å². The molecule has 0 radical (unpaired) electrons. The van der Waals surface area contributed by atoms with Gasteiger partial charge in [0.1, 0.15) is 5.82 Å². The van der Waals surface area contributed by atoms with Gasteiger partial charge in [-0.1, -0.05) is 19.1 Å². The molecule has 0 fully saturated rings. The maximum absolute atomic E-state index is 13.0. The molecule has 0 saturated carbocycles. The summed E-state index contributed by atoms with van der Waals surface area (Å²) in [5.74, 6) is 0.820. The van der Waals surface area contributed by atoms with Gasteiger partial charge in [0.05, 0.1) is 0 Å². The number of nitrogens with one attached hydrogen (secondary N) is 1. The van der Waals surface area contributed by atoms with Crippen molar-refractivity contribution in [3.05, 3.63) is 42.7 Å². The highest BCUT2D eigenvalue weighted by Crippen LogP contribution is 2.20. The van der Waals surface area contributed by atoms with E-state index in [2.05, 4.69) is 18.8 Å². The number of thioether (sulfide) groups is 1. The van der Waals surface area contributed by atoms with E-state index in [0.717, 1.165) is 36.5 Å². The quantitative estimate of drug-likeness (QED) is 0.408. The first-order chi connectivity index (χ1) is 8.76. The Morgan fingerprint density at radius 2 is 2.33 bits per heavy atom. The lowest BCUT2D eigenvalue weighted by Crippen LogP contribution is -2.31. The minimum atomic E-state index is -0.161. The summed E-state index contributed by atoms with van der Waals surface area (Å²) >= 11 is 1.71. The maximum Gasteiger partial charge on any atom is 0.124 e. The van der Waals surface area contributed by atoms with Crippen molar-refractivity contribution < 1.29 is 4.39 Å². The van der Waals surface area contributed by atoms with Crippen LogP contribution >= 0.6 is 11.8 Å². The van der Waals surface area contributed by atoms with Crippen molar-refractivity contribution in [2.24, 2.45) is 0 Å². The van der Waals surface area contributed by atoms with Gasteiger partial charge in [-0.25, -0.2) is 4.39 Å². The van der Waals surface area contributed by atoms with Gasteiger partial charge in [0, 0.05) is 16.7 Å². The Bertz CT molecular complexity index is 354. The lowest BCUT2D eigenvalue weighted by atomic mass is 10.1. The van der Waals surface area contributed by atoms with Gasteiger partial charge in [-0.2, -0.15) is 0 Å². The summed E-state index contributed by atoms with van der Waals surface area (Å²) in [7, 11) is 0. The third-order valence-electron chi connectivity index (χ3n) is 2.70. The molecule has 1 aromatic rings. The molecule has 0 aliphatic heterocycles. The lowest BCUT2D eigenvalue weighted by Gasteiger charge is -2.17. The van der Waals surface area contributed by atoms with Crippen molar-refractivity contribution >= 4 is 11.8 Å². The second-order valence-electron chi connectivity index (χ2n) is 4.24. The number of allylic oxidation sites excluding steroid dienone is 1. The molecule has 0 heterocycles. The van der Waals surface area contributed by atoms with Crippen LogP contribution in [0.15, 0.2) is 41.8 Å². The third kappa shape index (κ3) is 6.22. The second kappa shape index (κ2) is 9.17. The number of hydrogen-bond donors (Lipinski definition) is 1. The molecule has 100 valence electrons. The lowest BCUT2D eigenvalue weighted by molar-refractivity contribution is 0.521. The van der Waals surface area contributed by atoms with E-state index in [0.29, 0.717) is 6.04 Å². The van der Waals surface area contributed by atoms with Gasteiger partial charge >= 0.3 is 0 Å². The predicted octanol–water partition coefficient (Wildman–Crippen LogP) is 4.25. The van der Waals surface area contributed by atoms with Crippen LogP contribution in [-0.4, -0.2) is 18.3 Å². The van der Waals surface area contributed by atoms with Crippen molar-refractivity contribution in [3.8, 4) is 0 Å². The van der Waals surface area contributed by atoms with E-state index >= 15 is 0 Å². The molecule has 1 aromatic carbocycles. The largest absolute Gasteiger partial charge is 0.313 e. The summed E-state index contributed by atoms with van der Waals surface area (Å²) in [6.07, 6.45) is 5.32. The summed E-state index contributed by atoms with van der Waals surface area (Å²) in [6.45, 7) is 6.83. The topological polar surface area (TPSA) is 12.0 Å². The van der Waals surface area contributed by atoms with Crippen LogP contribution in [0, 0.1) is 5.82 Å². The van der Waals surface area contributed by atoms with Gasteiger partial charge in [0.2, 0.25) is 0 Å². The summed E-state index contributed by atoms with van der Waals surface area (Å²) in [5, 5.41) is 3.48. The molecular weight excluding hydrogens is 245 g/mol. The van der Waals surface area contributed by atoms with Crippen LogP contribution in [0.2, 0.25) is 0 Å². The monoisotopic (exact) mass is 267 g/mol. The van der Waals surface area contributed by atoms with E-state index in [-0.39, 0.29) is 5.82 Å². The SMILES string of the molecule is C=CCCCC(CSc1cccc(F)c1)NCC. The Kier molecular flexibility index (Phi) is 7.78. The van der Waals surface area contributed by atoms with Gasteiger partial charge < -0.3 is 5.32 Å². The normalized spacial score (nSPS) is 12.3. The molecule has 0 bridgehead atoms. The van der Waals surface area contributed by atoms with Crippen molar-refractivity contribution in [3.63, 3.8) is 0 Å². The van der Waals surface area contributed by atoms with Crippen LogP contribution in [0.25, 0.3) is 0 Å². The Morgan fingerprint density at radius 1 is 1.50 bits per heavy atom. The number of benzene rings is 1. The van der Waals surface area contributed by atoms with E-state index in [4.69, 9.17) is 0 Å². The Balaban J connectivity index is 2.38. The van der Waals surface area contributed by atoms with Crippen LogP contribution in [-0.2, 0) is 0 Å². The molecule has 18 heavy (non-hydrogen) atoms. The van der Waals surface area contributed by atoms with Crippen LogP contribution < -0.4 is 5.32 Å². The van der Waals surface area contributed by atoms with Crippen molar-refractivity contribution in [2.75, 3.05) is 12.3 Å². The highest BCUT2D eigenvalue weighted by molar-refractivity contribution is 7.99. The molecule has 3 heteroatoms. The van der Waals surface area contributed by atoms with E-state index in [1.165, 1.54) is 6.07 Å². The molecule has 1 atom stereocenters. The van der Waals surface area contributed by atoms with E-state index in [9.17, 15) is 4.39 Å². The van der Waals surface area contributed by atoms with E-state index < -0.39 is 0 Å². The smallest absolute Gasteiger partial charge is 0.124 e. The van der Waals surface area contributed by atoms with Crippen LogP contribution in [0.1, 0.15) is 26.2 Å². The average molecular weight is 267 g/mol. The van der Waals surface area contributed by atoms with Crippen molar-refractivity contribution in [1.29, 1.82) is 0 Å². The minimum Gasteiger partial charge on any atom is -0.313 e. The van der Waals surface area contributed by atoms with Crippen LogP contribution in [0.4, 0.5) is 4.39 Å². The van der Waals surface area contributed by atoms with Crippen molar-refractivity contribution in [2.45, 2.75) is 37.1 Å². The number of rotatable bonds is 9. The summed E-state index contributed by atoms with van der Waals surface area (Å²) in [6, 6.07) is 7.29. The Hall–Kier alpha value is -0.800. The minimum absolute atomic E-state index is 0.161. The zero-order chi connectivity index (χ0) is 13.2. The van der Waals surface area contributed by atoms with E-state index in [1.807, 2.05) is 12.1 Å². The fraction of sp³-hybridized carbons (Fsp3) is 0.467. The molecule has 1 rings (SSSR count). The zero-order valence-electron chi connectivity index (χ0n) is 11.0. The van der Waals surface area contributed by atoms with Gasteiger partial charge in [-0.15, -0.1) is 18.3 Å². The highest BCUT2D eigenvalue weighted by atomic mass is 32.2. The molecule has 0 aliphatic rings. The molecule has 1 nitrogen and oxygen atoms in total. The highest BCUT2D eigenvalue weighted by Gasteiger charge is 2.07. The first kappa shape index (κ1) is 15.3. The van der Waals surface area contributed by atoms with Crippen LogP contribution in [0.3, 0.4) is 0 Å². The zero-order valence-corrected chi connectivity index (χ0v) is 11.8. The molecule has 0 amide bonds. The second-order valence-corrected chi connectivity index (χ2v) is 5.34. The fourth-order valence-corrected chi connectivity index (χ4v) is 2.84. The predicted molar refractivity (Wildman–Crippen MR) is 78.6 cm³/mol. The molecule has 1 N–H and O–H groups in total. The Labute approximate surface area is 114 Å². The number of unbranched alkanes of at least 4 members (excludes halogenated alkanes) is 1. The van der Waals surface area contributed by atoms with Crippen LogP contribution in [0.5, 0.6) is 0 Å². The Morgan fingerprint density at radius 3 is 3.00 bits per heavy atom. The summed E-state index contributed by atoms with van der Waals surface area (Å²) in [4.78, 5) is 1.00. The first-order valence-corrected chi connectivity index (χ1v) is 7.47. The number of hydrogen-bond acceptors (Lipinski definition) is 2. The standard InChI is InChI=1S/C15H22FNS/c1-3-5-6-9-14(17-4-2)12-18-15-10-7-8-13(16)11-15/h3,7-8,10-11,14,17H,1,4-6,9,12H2,2H3. The first-order valence-electron chi connectivity index (χ1n) is 6.49. The van der Waals surface area contributed by atoms with Gasteiger partial charge in [-0.3, -0.25) is 0 Å². The molecule has 0 aromatic heterocycles. The fourth-order valence-electron chi connectivity index (χ4n) is 1.80. The summed E-state index contributed by atoms with van der Waals surface area (Å²) < 4.78 is 13.0. The molecular formula is C15H22FNS. The number of halogens is 1. The average Bonchev–Trinajstić information content (AvgIpc) is 2.36. The molecule has 0 spiro atoms. The molecule has 0 aliphatic carbocycles. The van der Waals surface area contributed by atoms with E-state index in [1.54, 1.807) is 23.9 Å².